The molecule has 4 heteroatoms. The first-order chi connectivity index (χ1) is 17.1. The van der Waals surface area contributed by atoms with E-state index in [1.807, 2.05) is 6.07 Å². The highest BCUT2D eigenvalue weighted by Gasteiger charge is 2.43. The van der Waals surface area contributed by atoms with E-state index >= 15 is 0 Å². The second kappa shape index (κ2) is 10.7. The van der Waals surface area contributed by atoms with Crippen molar-refractivity contribution in [2.24, 2.45) is 5.41 Å². The summed E-state index contributed by atoms with van der Waals surface area (Å²) in [6.07, 6.45) is 5.34. The van der Waals surface area contributed by atoms with Crippen LogP contribution in [-0.2, 0) is 22.4 Å². The Bertz CT molecular complexity index is 1140. The van der Waals surface area contributed by atoms with Crippen molar-refractivity contribution in [3.05, 3.63) is 101 Å². The maximum atomic E-state index is 14.0. The minimum absolute atomic E-state index is 0.291. The first-order valence-corrected chi connectivity index (χ1v) is 13.0. The first-order valence-electron chi connectivity index (χ1n) is 13.0. The molecule has 4 nitrogen and oxygen atoms in total. The topological polar surface area (TPSA) is 42.4 Å². The summed E-state index contributed by atoms with van der Waals surface area (Å²) >= 11 is 0. The van der Waals surface area contributed by atoms with Gasteiger partial charge < -0.3 is 9.64 Å². The lowest BCUT2D eigenvalue weighted by atomic mass is 9.73. The highest BCUT2D eigenvalue weighted by atomic mass is 16.5. The maximum absolute atomic E-state index is 14.0. The molecule has 1 amide bonds. The minimum atomic E-state index is -0.359. The van der Waals surface area contributed by atoms with Crippen molar-refractivity contribution in [3.63, 3.8) is 0 Å². The van der Waals surface area contributed by atoms with Crippen LogP contribution in [0.25, 0.3) is 0 Å². The molecule has 3 aromatic rings. The standard InChI is InChI=1S/C31H36N2O2/c1-24-8-5-11-26(20-24)21-28-13-6-14-29(32-28)27-12-7-17-33(23-27)30(34)31(15-18-35-19-16-31)22-25-9-3-2-4-10-25/h2-6,8-11,13-14,20,27H,7,12,15-19,21-23H2,1H3. The number of likely N-dealkylation sites (tertiary alicyclic amines) is 1. The van der Waals surface area contributed by atoms with E-state index in [0.717, 1.165) is 63.0 Å². The summed E-state index contributed by atoms with van der Waals surface area (Å²) in [4.78, 5) is 21.2. The fourth-order valence-electron chi connectivity index (χ4n) is 5.81. The Morgan fingerprint density at radius 2 is 1.77 bits per heavy atom. The third kappa shape index (κ3) is 5.65. The van der Waals surface area contributed by atoms with Gasteiger partial charge in [-0.25, -0.2) is 0 Å². The minimum Gasteiger partial charge on any atom is -0.381 e. The molecule has 1 aromatic heterocycles. The van der Waals surface area contributed by atoms with Crippen LogP contribution in [0, 0.1) is 12.3 Å². The lowest BCUT2D eigenvalue weighted by molar-refractivity contribution is -0.149. The molecule has 0 radical (unpaired) electrons. The second-order valence-corrected chi connectivity index (χ2v) is 10.4. The normalized spacial score (nSPS) is 19.9. The summed E-state index contributed by atoms with van der Waals surface area (Å²) in [5.74, 6) is 0.601. The van der Waals surface area contributed by atoms with Crippen molar-refractivity contribution in [1.29, 1.82) is 0 Å². The fraction of sp³-hybridized carbons (Fsp3) is 0.419. The van der Waals surface area contributed by atoms with Crippen molar-refractivity contribution in [2.75, 3.05) is 26.3 Å². The molecule has 2 aliphatic rings. The average molecular weight is 469 g/mol. The number of aromatic nitrogens is 1. The zero-order chi connectivity index (χ0) is 24.1. The van der Waals surface area contributed by atoms with Gasteiger partial charge in [-0.2, -0.15) is 0 Å². The van der Waals surface area contributed by atoms with Gasteiger partial charge in [-0.05, 0) is 62.3 Å². The van der Waals surface area contributed by atoms with Gasteiger partial charge in [0.05, 0.1) is 5.41 Å². The molecule has 0 spiro atoms. The van der Waals surface area contributed by atoms with Gasteiger partial charge >= 0.3 is 0 Å². The molecule has 3 heterocycles. The summed E-state index contributed by atoms with van der Waals surface area (Å²) in [6.45, 7) is 5.06. The number of rotatable bonds is 6. The predicted molar refractivity (Wildman–Crippen MR) is 139 cm³/mol. The number of benzene rings is 2. The van der Waals surface area contributed by atoms with E-state index < -0.39 is 0 Å². The number of piperidine rings is 1. The number of hydrogen-bond acceptors (Lipinski definition) is 3. The number of ether oxygens (including phenoxy) is 1. The number of pyridine rings is 1. The monoisotopic (exact) mass is 468 g/mol. The summed E-state index contributed by atoms with van der Waals surface area (Å²) in [6, 6.07) is 25.5. The lowest BCUT2D eigenvalue weighted by Gasteiger charge is -2.42. The molecule has 0 bridgehead atoms. The molecule has 1 unspecified atom stereocenters. The summed E-state index contributed by atoms with van der Waals surface area (Å²) in [5, 5.41) is 0. The Balaban J connectivity index is 1.32. The van der Waals surface area contributed by atoms with Gasteiger partial charge in [0.2, 0.25) is 5.91 Å². The second-order valence-electron chi connectivity index (χ2n) is 10.4. The number of nitrogens with zero attached hydrogens (tertiary/aromatic N) is 2. The van der Waals surface area contributed by atoms with Crippen LogP contribution in [0.3, 0.4) is 0 Å². The third-order valence-electron chi connectivity index (χ3n) is 7.71. The van der Waals surface area contributed by atoms with Crippen molar-refractivity contribution < 1.29 is 9.53 Å². The SMILES string of the molecule is Cc1cccc(Cc2cccc(C3CCCN(C(=O)C4(Cc5ccccc5)CCOCC4)C3)n2)c1. The van der Waals surface area contributed by atoms with Crippen molar-refractivity contribution in [1.82, 2.24) is 9.88 Å². The Hall–Kier alpha value is -2.98. The van der Waals surface area contributed by atoms with E-state index in [1.165, 1.54) is 16.7 Å². The van der Waals surface area contributed by atoms with Crippen LogP contribution in [0.15, 0.2) is 72.8 Å². The highest BCUT2D eigenvalue weighted by molar-refractivity contribution is 5.83. The number of carbonyl (C=O) groups excluding carboxylic acids is 1. The van der Waals surface area contributed by atoms with Crippen LogP contribution in [-0.4, -0.2) is 42.1 Å². The van der Waals surface area contributed by atoms with Crippen LogP contribution in [0.4, 0.5) is 0 Å². The third-order valence-corrected chi connectivity index (χ3v) is 7.71. The Morgan fingerprint density at radius 3 is 2.57 bits per heavy atom. The van der Waals surface area contributed by atoms with Gasteiger partial charge in [0.15, 0.2) is 0 Å². The smallest absolute Gasteiger partial charge is 0.229 e. The number of carbonyl (C=O) groups is 1. The van der Waals surface area contributed by atoms with Crippen LogP contribution in [0.1, 0.15) is 59.7 Å². The van der Waals surface area contributed by atoms with Gasteiger partial charge in [0.25, 0.3) is 0 Å². The lowest BCUT2D eigenvalue weighted by Crippen LogP contribution is -2.51. The molecule has 182 valence electrons. The van der Waals surface area contributed by atoms with Crippen molar-refractivity contribution >= 4 is 5.91 Å². The van der Waals surface area contributed by atoms with Crippen LogP contribution in [0.5, 0.6) is 0 Å². The molecule has 35 heavy (non-hydrogen) atoms. The Labute approximate surface area is 209 Å². The zero-order valence-electron chi connectivity index (χ0n) is 20.8. The molecular weight excluding hydrogens is 432 g/mol. The largest absolute Gasteiger partial charge is 0.381 e. The molecule has 2 fully saturated rings. The molecule has 2 aliphatic heterocycles. The van der Waals surface area contributed by atoms with Gasteiger partial charge in [-0.1, -0.05) is 66.2 Å². The van der Waals surface area contributed by atoms with Crippen molar-refractivity contribution in [3.8, 4) is 0 Å². The summed E-state index contributed by atoms with van der Waals surface area (Å²) < 4.78 is 5.68. The molecule has 5 rings (SSSR count). The summed E-state index contributed by atoms with van der Waals surface area (Å²) in [7, 11) is 0. The zero-order valence-corrected chi connectivity index (χ0v) is 20.8. The molecule has 1 atom stereocenters. The molecule has 2 saturated heterocycles. The van der Waals surface area contributed by atoms with Gasteiger partial charge in [-0.15, -0.1) is 0 Å². The fourth-order valence-corrected chi connectivity index (χ4v) is 5.81. The average Bonchev–Trinajstić information content (AvgIpc) is 2.90. The summed E-state index contributed by atoms with van der Waals surface area (Å²) in [5.41, 5.74) is 5.66. The maximum Gasteiger partial charge on any atom is 0.229 e. The number of amides is 1. The van der Waals surface area contributed by atoms with E-state index in [9.17, 15) is 4.79 Å². The van der Waals surface area contributed by atoms with Crippen LogP contribution < -0.4 is 0 Å². The van der Waals surface area contributed by atoms with Gasteiger partial charge in [0.1, 0.15) is 0 Å². The Kier molecular flexibility index (Phi) is 7.29. The van der Waals surface area contributed by atoms with Gasteiger partial charge in [-0.3, -0.25) is 9.78 Å². The molecular formula is C31H36N2O2. The molecule has 0 N–H and O–H groups in total. The van der Waals surface area contributed by atoms with Crippen LogP contribution >= 0.6 is 0 Å². The Morgan fingerprint density at radius 1 is 1.00 bits per heavy atom. The van der Waals surface area contributed by atoms with E-state index in [4.69, 9.17) is 9.72 Å². The van der Waals surface area contributed by atoms with E-state index in [-0.39, 0.29) is 5.41 Å². The molecule has 2 aromatic carbocycles. The number of hydrogen-bond donors (Lipinski definition) is 0. The highest BCUT2D eigenvalue weighted by Crippen LogP contribution is 2.38. The predicted octanol–water partition coefficient (Wildman–Crippen LogP) is 5.73. The van der Waals surface area contributed by atoms with E-state index in [2.05, 4.69) is 78.6 Å². The van der Waals surface area contributed by atoms with Crippen molar-refractivity contribution in [2.45, 2.75) is 51.4 Å². The van der Waals surface area contributed by atoms with Crippen LogP contribution in [0.2, 0.25) is 0 Å². The van der Waals surface area contributed by atoms with E-state index in [0.29, 0.717) is 25.0 Å². The van der Waals surface area contributed by atoms with Gasteiger partial charge in [0, 0.05) is 50.0 Å². The first kappa shape index (κ1) is 23.7. The quantitative estimate of drug-likeness (QED) is 0.464. The number of aryl methyl sites for hydroxylation is 1. The molecule has 0 aliphatic carbocycles. The van der Waals surface area contributed by atoms with E-state index in [1.54, 1.807) is 0 Å². The molecule has 0 saturated carbocycles.